The molecule has 0 aliphatic carbocycles. The van der Waals surface area contributed by atoms with Gasteiger partial charge in [0.15, 0.2) is 0 Å². The number of halogens is 1. The topological polar surface area (TPSA) is 51.3 Å². The van der Waals surface area contributed by atoms with Crippen LogP contribution in [0.4, 0.5) is 0 Å². The molecule has 4 aromatic rings. The summed E-state index contributed by atoms with van der Waals surface area (Å²) in [4.78, 5) is 14.4. The number of carbonyl (C=O) groups excluding carboxylic acids is 1. The number of carbonyl (C=O) groups is 1. The number of ether oxygens (including phenoxy) is 2. The van der Waals surface area contributed by atoms with Gasteiger partial charge in [-0.25, -0.2) is 0 Å². The fourth-order valence-electron chi connectivity index (χ4n) is 3.30. The normalized spacial score (nSPS) is 11.0. The molecule has 3 aromatic carbocycles. The number of hydrogen-bond donors (Lipinski definition) is 1. The van der Waals surface area contributed by atoms with Crippen molar-refractivity contribution in [2.45, 2.75) is 13.3 Å². The number of benzene rings is 3. The average Bonchev–Trinajstić information content (AvgIpc) is 3.05. The van der Waals surface area contributed by atoms with Crippen LogP contribution in [-0.4, -0.2) is 17.7 Å². The average molecular weight is 424 g/mol. The van der Waals surface area contributed by atoms with E-state index in [4.69, 9.17) is 9.47 Å². The maximum Gasteiger partial charge on any atom is 0.305 e. The molecule has 0 atom stereocenters. The van der Waals surface area contributed by atoms with E-state index in [2.05, 4.69) is 45.2 Å². The van der Waals surface area contributed by atoms with Gasteiger partial charge >= 0.3 is 5.97 Å². The zero-order valence-electron chi connectivity index (χ0n) is 14.8. The summed E-state index contributed by atoms with van der Waals surface area (Å²) in [5.41, 5.74) is 3.34. The first-order valence-corrected chi connectivity index (χ1v) is 9.43. The van der Waals surface area contributed by atoms with Crippen molar-refractivity contribution in [1.29, 1.82) is 0 Å². The van der Waals surface area contributed by atoms with E-state index in [1.54, 1.807) is 0 Å². The molecule has 0 amide bonds. The third-order valence-corrected chi connectivity index (χ3v) is 5.06. The molecule has 4 rings (SSSR count). The lowest BCUT2D eigenvalue weighted by atomic mass is 9.97. The van der Waals surface area contributed by atoms with Gasteiger partial charge in [0.05, 0.1) is 0 Å². The number of aromatic amines is 1. The second-order valence-corrected chi connectivity index (χ2v) is 7.26. The summed E-state index contributed by atoms with van der Waals surface area (Å²) in [6.07, 6.45) is 2.74. The Morgan fingerprint density at radius 1 is 1.07 bits per heavy atom. The van der Waals surface area contributed by atoms with Crippen molar-refractivity contribution in [2.24, 2.45) is 0 Å². The lowest BCUT2D eigenvalue weighted by molar-refractivity contribution is -0.147. The smallest absolute Gasteiger partial charge is 0.305 e. The van der Waals surface area contributed by atoms with Gasteiger partial charge in [-0.2, -0.15) is 0 Å². The van der Waals surface area contributed by atoms with E-state index in [0.717, 1.165) is 32.1 Å². The van der Waals surface area contributed by atoms with Gasteiger partial charge in [-0.15, -0.1) is 0 Å². The number of hydrogen-bond acceptors (Lipinski definition) is 3. The third kappa shape index (κ3) is 3.69. The Kier molecular flexibility index (Phi) is 4.86. The van der Waals surface area contributed by atoms with Crippen LogP contribution in [0.15, 0.2) is 65.3 Å². The van der Waals surface area contributed by atoms with Gasteiger partial charge in [0, 0.05) is 40.5 Å². The van der Waals surface area contributed by atoms with Crippen LogP contribution in [-0.2, 0) is 16.0 Å². The molecular formula is C22H18BrNO3. The SMILES string of the molecule is CC(=O)OCOc1ccc2ccccc2c1Cc1c[nH]c2ccc(Br)cc12. The van der Waals surface area contributed by atoms with Gasteiger partial charge in [-0.05, 0) is 40.6 Å². The number of aromatic nitrogens is 1. The fourth-order valence-corrected chi connectivity index (χ4v) is 3.66. The zero-order chi connectivity index (χ0) is 18.8. The molecule has 0 aliphatic heterocycles. The molecule has 1 N–H and O–H groups in total. The highest BCUT2D eigenvalue weighted by Crippen LogP contribution is 2.33. The Morgan fingerprint density at radius 3 is 2.78 bits per heavy atom. The molecule has 0 bridgehead atoms. The van der Waals surface area contributed by atoms with Crippen LogP contribution in [0.5, 0.6) is 5.75 Å². The molecule has 0 aliphatic rings. The number of H-pyrrole nitrogens is 1. The minimum atomic E-state index is -0.362. The molecule has 5 heteroatoms. The first-order valence-electron chi connectivity index (χ1n) is 8.64. The summed E-state index contributed by atoms with van der Waals surface area (Å²) >= 11 is 3.55. The van der Waals surface area contributed by atoms with Gasteiger partial charge in [-0.1, -0.05) is 46.3 Å². The Hall–Kier alpha value is -2.79. The van der Waals surface area contributed by atoms with Crippen LogP contribution in [0.25, 0.3) is 21.7 Å². The predicted molar refractivity (Wildman–Crippen MR) is 110 cm³/mol. The molecule has 136 valence electrons. The third-order valence-electron chi connectivity index (χ3n) is 4.57. The molecule has 0 saturated heterocycles. The summed E-state index contributed by atoms with van der Waals surface area (Å²) in [6.45, 7) is 1.27. The maximum atomic E-state index is 11.1. The number of fused-ring (bicyclic) bond motifs is 2. The molecule has 1 aromatic heterocycles. The lowest BCUT2D eigenvalue weighted by Crippen LogP contribution is -2.08. The van der Waals surface area contributed by atoms with Crippen molar-refractivity contribution in [3.8, 4) is 5.75 Å². The highest BCUT2D eigenvalue weighted by molar-refractivity contribution is 9.10. The standard InChI is InChI=1S/C22H18BrNO3/c1-14(25)26-13-27-22-9-6-15-4-2-3-5-18(15)20(22)10-16-12-24-21-8-7-17(23)11-19(16)21/h2-9,11-12,24H,10,13H2,1H3. The quantitative estimate of drug-likeness (QED) is 0.337. The van der Waals surface area contributed by atoms with Gasteiger partial charge in [0.2, 0.25) is 6.79 Å². The van der Waals surface area contributed by atoms with Crippen molar-refractivity contribution >= 4 is 43.6 Å². The first-order chi connectivity index (χ1) is 13.1. The Balaban J connectivity index is 1.77. The van der Waals surface area contributed by atoms with Crippen LogP contribution >= 0.6 is 15.9 Å². The molecule has 0 unspecified atom stereocenters. The van der Waals surface area contributed by atoms with E-state index in [1.165, 1.54) is 17.9 Å². The van der Waals surface area contributed by atoms with Gasteiger partial charge < -0.3 is 14.5 Å². The van der Waals surface area contributed by atoms with Crippen LogP contribution < -0.4 is 4.74 Å². The molecule has 0 radical (unpaired) electrons. The molecule has 0 fully saturated rings. The van der Waals surface area contributed by atoms with Crippen molar-refractivity contribution in [3.05, 3.63) is 76.4 Å². The van der Waals surface area contributed by atoms with Crippen LogP contribution in [0, 0.1) is 0 Å². The monoisotopic (exact) mass is 423 g/mol. The maximum absolute atomic E-state index is 11.1. The van der Waals surface area contributed by atoms with E-state index in [1.807, 2.05) is 36.5 Å². The Morgan fingerprint density at radius 2 is 1.93 bits per heavy atom. The minimum Gasteiger partial charge on any atom is -0.457 e. The number of rotatable bonds is 5. The summed E-state index contributed by atoms with van der Waals surface area (Å²) in [7, 11) is 0. The predicted octanol–water partition coefficient (Wildman–Crippen LogP) is 5.57. The van der Waals surface area contributed by atoms with Gasteiger partial charge in [-0.3, -0.25) is 4.79 Å². The summed E-state index contributed by atoms with van der Waals surface area (Å²) in [6, 6.07) is 18.4. The van der Waals surface area contributed by atoms with Crippen molar-refractivity contribution in [3.63, 3.8) is 0 Å². The van der Waals surface area contributed by atoms with Crippen LogP contribution in [0.1, 0.15) is 18.1 Å². The molecule has 27 heavy (non-hydrogen) atoms. The van der Waals surface area contributed by atoms with Gasteiger partial charge in [0.1, 0.15) is 5.75 Å². The molecule has 4 nitrogen and oxygen atoms in total. The lowest BCUT2D eigenvalue weighted by Gasteiger charge is -2.14. The number of esters is 1. The van der Waals surface area contributed by atoms with Crippen molar-refractivity contribution in [1.82, 2.24) is 4.98 Å². The van der Waals surface area contributed by atoms with Crippen LogP contribution in [0.2, 0.25) is 0 Å². The zero-order valence-corrected chi connectivity index (χ0v) is 16.4. The molecule has 0 saturated carbocycles. The van der Waals surface area contributed by atoms with E-state index >= 15 is 0 Å². The van der Waals surface area contributed by atoms with E-state index < -0.39 is 0 Å². The first kappa shape index (κ1) is 17.6. The van der Waals surface area contributed by atoms with Crippen molar-refractivity contribution < 1.29 is 14.3 Å². The second kappa shape index (κ2) is 7.45. The summed E-state index contributed by atoms with van der Waals surface area (Å²) < 4.78 is 11.8. The highest BCUT2D eigenvalue weighted by Gasteiger charge is 2.13. The Bertz CT molecular complexity index is 1130. The summed E-state index contributed by atoms with van der Waals surface area (Å²) in [5, 5.41) is 3.44. The van der Waals surface area contributed by atoms with Crippen molar-refractivity contribution in [2.75, 3.05) is 6.79 Å². The summed E-state index contributed by atoms with van der Waals surface area (Å²) in [5.74, 6) is 0.359. The highest BCUT2D eigenvalue weighted by atomic mass is 79.9. The second-order valence-electron chi connectivity index (χ2n) is 6.34. The molecular weight excluding hydrogens is 406 g/mol. The number of nitrogens with one attached hydrogen (secondary N) is 1. The van der Waals surface area contributed by atoms with E-state index in [0.29, 0.717) is 6.42 Å². The largest absolute Gasteiger partial charge is 0.457 e. The van der Waals surface area contributed by atoms with E-state index in [-0.39, 0.29) is 12.8 Å². The fraction of sp³-hybridized carbons (Fsp3) is 0.136. The molecule has 1 heterocycles. The Labute approximate surface area is 165 Å². The molecule has 0 spiro atoms. The van der Waals surface area contributed by atoms with E-state index in [9.17, 15) is 4.79 Å². The van der Waals surface area contributed by atoms with Gasteiger partial charge in [0.25, 0.3) is 0 Å². The van der Waals surface area contributed by atoms with Crippen LogP contribution in [0.3, 0.4) is 0 Å². The minimum absolute atomic E-state index is 0.0971.